The fourth-order valence-electron chi connectivity index (χ4n) is 3.27. The molecule has 0 unspecified atom stereocenters. The first kappa shape index (κ1) is 23.0. The van der Waals surface area contributed by atoms with Gasteiger partial charge in [0.05, 0.1) is 6.54 Å². The molecule has 0 saturated carbocycles. The molecule has 0 aliphatic heterocycles. The van der Waals surface area contributed by atoms with Gasteiger partial charge < -0.3 is 5.32 Å². The maximum atomic E-state index is 13.9. The second-order valence-corrected chi connectivity index (χ2v) is 7.23. The highest BCUT2D eigenvalue weighted by molar-refractivity contribution is 6.11. The Morgan fingerprint density at radius 3 is 2.32 bits per heavy atom. The molecule has 0 atom stereocenters. The number of hydrogen-bond acceptors (Lipinski definition) is 5. The summed E-state index contributed by atoms with van der Waals surface area (Å²) in [5.74, 6) is -3.20. The van der Waals surface area contributed by atoms with Crippen molar-refractivity contribution in [1.29, 1.82) is 5.41 Å². The number of nitrogens with one attached hydrogen (secondary N) is 2. The molecule has 174 valence electrons. The lowest BCUT2D eigenvalue weighted by Gasteiger charge is -2.11. The molecule has 0 bridgehead atoms. The van der Waals surface area contributed by atoms with E-state index in [1.807, 2.05) is 0 Å². The molecule has 6 nitrogen and oxygen atoms in total. The van der Waals surface area contributed by atoms with E-state index in [1.165, 1.54) is 24.4 Å². The van der Waals surface area contributed by atoms with Crippen molar-refractivity contribution in [2.45, 2.75) is 19.3 Å². The lowest BCUT2D eigenvalue weighted by molar-refractivity contribution is -0.147. The number of benzene rings is 2. The van der Waals surface area contributed by atoms with Crippen LogP contribution in [-0.4, -0.2) is 25.5 Å². The average Bonchev–Trinajstić information content (AvgIpc) is 3.24. The van der Waals surface area contributed by atoms with E-state index in [9.17, 15) is 22.0 Å². The fraction of sp³-hybridized carbons (Fsp3) is 0.130. The van der Waals surface area contributed by atoms with Crippen LogP contribution < -0.4 is 5.32 Å². The highest BCUT2D eigenvalue weighted by atomic mass is 19.4. The molecule has 0 aliphatic carbocycles. The summed E-state index contributed by atoms with van der Waals surface area (Å²) in [7, 11) is 0. The van der Waals surface area contributed by atoms with Gasteiger partial charge in [-0.1, -0.05) is 36.4 Å². The molecule has 4 aromatic rings. The minimum Gasteiger partial charge on any atom is -0.365 e. The first-order valence-corrected chi connectivity index (χ1v) is 10.0. The standard InChI is InChI=1S/C23H17F5N6/c24-17-9-4-10-18(25)16(17)12-31-20-15(8-5-11-30-20)19(29)21-32-22(23(26,27)28)34(33-21)13-14-6-2-1-3-7-14/h1-11,29H,12-13H2,(H,30,31). The van der Waals surface area contributed by atoms with Crippen LogP contribution in [0.3, 0.4) is 0 Å². The molecule has 0 saturated heterocycles. The van der Waals surface area contributed by atoms with Gasteiger partial charge in [0, 0.05) is 23.9 Å². The minimum atomic E-state index is -4.79. The molecule has 0 radical (unpaired) electrons. The molecule has 0 amide bonds. The van der Waals surface area contributed by atoms with E-state index in [2.05, 4.69) is 20.4 Å². The van der Waals surface area contributed by atoms with Crippen LogP contribution in [0.25, 0.3) is 0 Å². The monoisotopic (exact) mass is 472 g/mol. The van der Waals surface area contributed by atoms with E-state index in [-0.39, 0.29) is 30.0 Å². The summed E-state index contributed by atoms with van der Waals surface area (Å²) in [5.41, 5.74) is -0.0198. The van der Waals surface area contributed by atoms with E-state index in [0.29, 0.717) is 10.2 Å². The molecule has 11 heteroatoms. The quantitative estimate of drug-likeness (QED) is 0.292. The van der Waals surface area contributed by atoms with Gasteiger partial charge in [0.15, 0.2) is 5.82 Å². The van der Waals surface area contributed by atoms with Gasteiger partial charge in [-0.2, -0.15) is 13.2 Å². The van der Waals surface area contributed by atoms with E-state index in [1.54, 1.807) is 30.3 Å². The number of nitrogens with zero attached hydrogens (tertiary/aromatic N) is 4. The van der Waals surface area contributed by atoms with E-state index in [4.69, 9.17) is 5.41 Å². The lowest BCUT2D eigenvalue weighted by atomic mass is 10.1. The van der Waals surface area contributed by atoms with Crippen molar-refractivity contribution in [1.82, 2.24) is 19.7 Å². The van der Waals surface area contributed by atoms with Crippen molar-refractivity contribution in [3.63, 3.8) is 0 Å². The van der Waals surface area contributed by atoms with Crippen LogP contribution >= 0.6 is 0 Å². The van der Waals surface area contributed by atoms with Crippen LogP contribution in [0.4, 0.5) is 27.8 Å². The Balaban J connectivity index is 1.64. The molecule has 2 heterocycles. The molecule has 0 aliphatic rings. The zero-order valence-electron chi connectivity index (χ0n) is 17.4. The third-order valence-electron chi connectivity index (χ3n) is 4.90. The molecule has 4 rings (SSSR count). The van der Waals surface area contributed by atoms with Crippen LogP contribution in [0.1, 0.15) is 28.3 Å². The normalized spacial score (nSPS) is 11.4. The van der Waals surface area contributed by atoms with Gasteiger partial charge in [-0.25, -0.2) is 23.4 Å². The van der Waals surface area contributed by atoms with Crippen molar-refractivity contribution in [3.8, 4) is 0 Å². The van der Waals surface area contributed by atoms with Gasteiger partial charge >= 0.3 is 6.18 Å². The average molecular weight is 472 g/mol. The van der Waals surface area contributed by atoms with Crippen molar-refractivity contribution in [2.75, 3.05) is 5.32 Å². The number of halogens is 5. The predicted octanol–water partition coefficient (Wildman–Crippen LogP) is 5.05. The summed E-state index contributed by atoms with van der Waals surface area (Å²) >= 11 is 0. The number of rotatable bonds is 7. The Labute approximate surface area is 190 Å². The van der Waals surface area contributed by atoms with E-state index < -0.39 is 35.2 Å². The molecule has 0 fully saturated rings. The van der Waals surface area contributed by atoms with Gasteiger partial charge in [0.1, 0.15) is 23.2 Å². The number of aromatic nitrogens is 4. The van der Waals surface area contributed by atoms with Crippen LogP contribution in [0.15, 0.2) is 66.9 Å². The second kappa shape index (κ2) is 9.38. The van der Waals surface area contributed by atoms with Crippen molar-refractivity contribution in [2.24, 2.45) is 0 Å². The van der Waals surface area contributed by atoms with Gasteiger partial charge in [0.2, 0.25) is 5.82 Å². The Morgan fingerprint density at radius 1 is 0.941 bits per heavy atom. The maximum Gasteiger partial charge on any atom is 0.451 e. The predicted molar refractivity (Wildman–Crippen MR) is 114 cm³/mol. The number of alkyl halides is 3. The smallest absolute Gasteiger partial charge is 0.365 e. The van der Waals surface area contributed by atoms with Gasteiger partial charge in [-0.15, -0.1) is 5.10 Å². The molecule has 34 heavy (non-hydrogen) atoms. The minimum absolute atomic E-state index is 0.0446. The van der Waals surface area contributed by atoms with Crippen LogP contribution in [-0.2, 0) is 19.3 Å². The maximum absolute atomic E-state index is 13.9. The fourth-order valence-corrected chi connectivity index (χ4v) is 3.27. The molecule has 0 spiro atoms. The molecular formula is C23H17F5N6. The Kier molecular flexibility index (Phi) is 6.35. The summed E-state index contributed by atoms with van der Waals surface area (Å²) in [4.78, 5) is 7.63. The SMILES string of the molecule is N=C(c1nc(C(F)(F)F)n(Cc2ccccc2)n1)c1cccnc1NCc1c(F)cccc1F. The summed E-state index contributed by atoms with van der Waals surface area (Å²) in [6.45, 7) is -0.486. The topological polar surface area (TPSA) is 79.5 Å². The third kappa shape index (κ3) is 4.92. The molecule has 2 aromatic heterocycles. The van der Waals surface area contributed by atoms with Gasteiger partial charge in [-0.3, -0.25) is 5.41 Å². The van der Waals surface area contributed by atoms with Crippen molar-refractivity contribution >= 4 is 11.5 Å². The van der Waals surface area contributed by atoms with Gasteiger partial charge in [0.25, 0.3) is 0 Å². The molecule has 2 N–H and O–H groups in total. The largest absolute Gasteiger partial charge is 0.451 e. The Hall–Kier alpha value is -4.15. The van der Waals surface area contributed by atoms with E-state index >= 15 is 0 Å². The van der Waals surface area contributed by atoms with Crippen LogP contribution in [0.2, 0.25) is 0 Å². The van der Waals surface area contributed by atoms with Crippen LogP contribution in [0, 0.1) is 17.0 Å². The van der Waals surface area contributed by atoms with E-state index in [0.717, 1.165) is 12.1 Å². The zero-order valence-corrected chi connectivity index (χ0v) is 17.4. The van der Waals surface area contributed by atoms with Crippen molar-refractivity contribution in [3.05, 3.63) is 107 Å². The highest BCUT2D eigenvalue weighted by Crippen LogP contribution is 2.29. The Morgan fingerprint density at radius 2 is 1.65 bits per heavy atom. The number of anilines is 1. The summed E-state index contributed by atoms with van der Waals surface area (Å²) in [6.07, 6.45) is -3.42. The zero-order chi connectivity index (χ0) is 24.3. The highest BCUT2D eigenvalue weighted by Gasteiger charge is 2.38. The number of hydrogen-bond donors (Lipinski definition) is 2. The Bertz CT molecular complexity index is 1300. The first-order chi connectivity index (χ1) is 16.2. The third-order valence-corrected chi connectivity index (χ3v) is 4.90. The number of pyridine rings is 1. The summed E-state index contributed by atoms with van der Waals surface area (Å²) in [6, 6.07) is 14.8. The van der Waals surface area contributed by atoms with Crippen molar-refractivity contribution < 1.29 is 22.0 Å². The van der Waals surface area contributed by atoms with Gasteiger partial charge in [-0.05, 0) is 29.8 Å². The summed E-state index contributed by atoms with van der Waals surface area (Å²) < 4.78 is 69.4. The summed E-state index contributed by atoms with van der Waals surface area (Å²) in [5, 5.41) is 15.1. The molecular weight excluding hydrogens is 455 g/mol. The molecule has 2 aromatic carbocycles. The second-order valence-electron chi connectivity index (χ2n) is 7.23. The van der Waals surface area contributed by atoms with Crippen LogP contribution in [0.5, 0.6) is 0 Å². The first-order valence-electron chi connectivity index (χ1n) is 10.0. The lowest BCUT2D eigenvalue weighted by Crippen LogP contribution is -2.16.